The van der Waals surface area contributed by atoms with E-state index in [1.807, 2.05) is 0 Å². The molecule has 0 N–H and O–H groups in total. The van der Waals surface area contributed by atoms with E-state index < -0.39 is 0 Å². The largest absolute Gasteiger partial charge is 0.311 e. The van der Waals surface area contributed by atoms with Gasteiger partial charge in [0.2, 0.25) is 0 Å². The van der Waals surface area contributed by atoms with Crippen molar-refractivity contribution in [3.63, 3.8) is 0 Å². The predicted molar refractivity (Wildman–Crippen MR) is 399 cm³/mol. The number of rotatable bonds is 16. The number of fused-ring (bicyclic) bond motifs is 3. The van der Waals surface area contributed by atoms with Crippen LogP contribution in [0.1, 0.15) is 0 Å². The second kappa shape index (κ2) is 25.4. The summed E-state index contributed by atoms with van der Waals surface area (Å²) in [4.78, 5) is 9.44. The summed E-state index contributed by atoms with van der Waals surface area (Å²) < 4.78 is 0. The van der Waals surface area contributed by atoms with E-state index in [4.69, 9.17) is 0 Å². The Morgan fingerprint density at radius 1 is 0.128 bits per heavy atom. The van der Waals surface area contributed by atoms with Crippen LogP contribution in [0.25, 0.3) is 76.8 Å². The summed E-state index contributed by atoms with van der Waals surface area (Å²) >= 11 is 0. The quantitative estimate of drug-likeness (QED) is 0.0956. The lowest BCUT2D eigenvalue weighted by molar-refractivity contribution is 1.26. The summed E-state index contributed by atoms with van der Waals surface area (Å²) in [6.07, 6.45) is 0. The highest BCUT2D eigenvalue weighted by Crippen LogP contribution is 2.53. The molecule has 0 bridgehead atoms. The Labute approximate surface area is 549 Å². The molecule has 0 fully saturated rings. The van der Waals surface area contributed by atoms with Crippen LogP contribution in [0.4, 0.5) is 68.2 Å². The van der Waals surface area contributed by atoms with Crippen LogP contribution < -0.4 is 19.6 Å². The van der Waals surface area contributed by atoms with Crippen LogP contribution in [0.15, 0.2) is 388 Å². The SMILES string of the molecule is c1ccc(-c2c(-c3ccccc3)c(-c3ccc(N(c4ccc(N(c5ccccc5)c5ccccc5)cc4)c4cccc5ccccc45)cc3)c3ccccc3c2-c2ccc(N(c3ccc(N(c4ccccc4)c4ccccc4)cc3)c3cccc4ccccc34)cc2)cc1. The summed E-state index contributed by atoms with van der Waals surface area (Å²) in [5.74, 6) is 0. The van der Waals surface area contributed by atoms with Gasteiger partial charge in [0.05, 0.1) is 11.4 Å². The lowest BCUT2D eigenvalue weighted by Crippen LogP contribution is -2.12. The topological polar surface area (TPSA) is 13.0 Å². The number of nitrogens with zero attached hydrogens (tertiary/aromatic N) is 4. The molecule has 0 unspecified atom stereocenters. The maximum absolute atomic E-state index is 2.41. The maximum atomic E-state index is 2.41. The maximum Gasteiger partial charge on any atom is 0.0540 e. The van der Waals surface area contributed by atoms with Gasteiger partial charge in [0.25, 0.3) is 0 Å². The number of benzene rings is 16. The number of para-hydroxylation sites is 4. The van der Waals surface area contributed by atoms with E-state index >= 15 is 0 Å². The molecule has 0 saturated heterocycles. The Morgan fingerprint density at radius 3 is 0.649 bits per heavy atom. The van der Waals surface area contributed by atoms with Crippen LogP contribution in [-0.4, -0.2) is 0 Å². The highest BCUT2D eigenvalue weighted by molar-refractivity contribution is 6.18. The van der Waals surface area contributed by atoms with Crippen LogP contribution in [0.5, 0.6) is 0 Å². The molecule has 0 saturated carbocycles. The molecule has 0 heterocycles. The average Bonchev–Trinajstić information content (AvgIpc) is 0.733. The Hall–Kier alpha value is -12.5. The normalized spacial score (nSPS) is 11.2. The van der Waals surface area contributed by atoms with Crippen LogP contribution in [-0.2, 0) is 0 Å². The van der Waals surface area contributed by atoms with Crippen molar-refractivity contribution < 1.29 is 0 Å². The molecule has 0 aromatic heterocycles. The fourth-order valence-corrected chi connectivity index (χ4v) is 13.7. The van der Waals surface area contributed by atoms with Crippen LogP contribution in [0.3, 0.4) is 0 Å². The molecule has 0 aliphatic carbocycles. The van der Waals surface area contributed by atoms with E-state index in [9.17, 15) is 0 Å². The van der Waals surface area contributed by atoms with Crippen molar-refractivity contribution in [2.24, 2.45) is 0 Å². The molecule has 16 aromatic carbocycles. The van der Waals surface area contributed by atoms with E-state index in [0.29, 0.717) is 0 Å². The minimum Gasteiger partial charge on any atom is -0.311 e. The third kappa shape index (κ3) is 10.8. The van der Waals surface area contributed by atoms with Gasteiger partial charge in [0, 0.05) is 67.6 Å². The highest BCUT2D eigenvalue weighted by atomic mass is 15.2. The van der Waals surface area contributed by atoms with E-state index in [0.717, 1.165) is 90.5 Å². The summed E-state index contributed by atoms with van der Waals surface area (Å²) in [5, 5.41) is 7.06. The van der Waals surface area contributed by atoms with E-state index in [1.165, 1.54) is 54.6 Å². The van der Waals surface area contributed by atoms with Crippen molar-refractivity contribution in [1.82, 2.24) is 0 Å². The zero-order chi connectivity index (χ0) is 62.6. The first kappa shape index (κ1) is 56.7. The lowest BCUT2D eigenvalue weighted by Gasteiger charge is -2.29. The van der Waals surface area contributed by atoms with Gasteiger partial charge < -0.3 is 19.6 Å². The molecule has 94 heavy (non-hydrogen) atoms. The molecule has 444 valence electrons. The lowest BCUT2D eigenvalue weighted by atomic mass is 9.79. The summed E-state index contributed by atoms with van der Waals surface area (Å²) in [5.41, 5.74) is 22.2. The Balaban J connectivity index is 0.841. The summed E-state index contributed by atoms with van der Waals surface area (Å²) in [6.45, 7) is 0. The van der Waals surface area contributed by atoms with Crippen LogP contribution in [0.2, 0.25) is 0 Å². The fourth-order valence-electron chi connectivity index (χ4n) is 13.7. The molecule has 0 radical (unpaired) electrons. The molecule has 4 heteroatoms. The van der Waals surface area contributed by atoms with Crippen LogP contribution in [0, 0.1) is 0 Å². The van der Waals surface area contributed by atoms with Crippen molar-refractivity contribution in [2.45, 2.75) is 0 Å². The van der Waals surface area contributed by atoms with Gasteiger partial charge >= 0.3 is 0 Å². The summed E-state index contributed by atoms with van der Waals surface area (Å²) in [6, 6.07) is 141. The van der Waals surface area contributed by atoms with Gasteiger partial charge in [-0.3, -0.25) is 0 Å². The minimum atomic E-state index is 1.05. The fraction of sp³-hybridized carbons (Fsp3) is 0. The van der Waals surface area contributed by atoms with Crippen molar-refractivity contribution in [1.29, 1.82) is 0 Å². The Bertz CT molecular complexity index is 4840. The summed E-state index contributed by atoms with van der Waals surface area (Å²) in [7, 11) is 0. The first-order valence-electron chi connectivity index (χ1n) is 32.2. The average molecular weight is 1200 g/mol. The van der Waals surface area contributed by atoms with Gasteiger partial charge in [-0.05, 0) is 200 Å². The molecule has 0 aliphatic rings. The van der Waals surface area contributed by atoms with Gasteiger partial charge in [-0.2, -0.15) is 0 Å². The standard InChI is InChI=1S/C90H64N4/c1-7-29-67(30-8-1)89-87(69-49-53-77(54-50-69)93(85-47-25-33-65-27-19-21-43-81(65)85)79-61-57-75(58-62-79)91(71-35-11-3-12-36-71)72-37-13-4-14-38-72)83-45-23-24-46-84(83)88(90(89)68-31-9-2-10-32-68)70-51-55-78(56-52-70)94(86-48-26-34-66-28-20-22-44-82(66)86)80-63-59-76(60-64-80)92(73-39-15-5-16-40-73)74-41-17-6-18-42-74/h1-64H. The first-order chi connectivity index (χ1) is 46.7. The van der Waals surface area contributed by atoms with Gasteiger partial charge in [-0.1, -0.05) is 255 Å². The smallest absolute Gasteiger partial charge is 0.0540 e. The Morgan fingerprint density at radius 2 is 0.340 bits per heavy atom. The van der Waals surface area contributed by atoms with Gasteiger partial charge in [0.15, 0.2) is 0 Å². The molecule has 0 spiro atoms. The zero-order valence-electron chi connectivity index (χ0n) is 51.7. The van der Waals surface area contributed by atoms with Crippen LogP contribution >= 0.6 is 0 Å². The van der Waals surface area contributed by atoms with E-state index in [-0.39, 0.29) is 0 Å². The predicted octanol–water partition coefficient (Wildman–Crippen LogP) is 25.7. The molecule has 0 atom stereocenters. The number of anilines is 12. The Kier molecular flexibility index (Phi) is 15.3. The third-order valence-electron chi connectivity index (χ3n) is 18.0. The number of hydrogen-bond acceptors (Lipinski definition) is 4. The second-order valence-electron chi connectivity index (χ2n) is 23.6. The molecular formula is C90H64N4. The monoisotopic (exact) mass is 1200 g/mol. The molecule has 4 nitrogen and oxygen atoms in total. The molecule has 16 aromatic rings. The van der Waals surface area contributed by atoms with Crippen molar-refractivity contribution in [3.8, 4) is 44.5 Å². The zero-order valence-corrected chi connectivity index (χ0v) is 51.7. The minimum absolute atomic E-state index is 1.05. The van der Waals surface area contributed by atoms with Gasteiger partial charge in [-0.15, -0.1) is 0 Å². The van der Waals surface area contributed by atoms with E-state index in [1.54, 1.807) is 0 Å². The first-order valence-corrected chi connectivity index (χ1v) is 32.2. The van der Waals surface area contributed by atoms with E-state index in [2.05, 4.69) is 408 Å². The molecular weight excluding hydrogens is 1140 g/mol. The van der Waals surface area contributed by atoms with Crippen molar-refractivity contribution >= 4 is 101 Å². The van der Waals surface area contributed by atoms with Gasteiger partial charge in [-0.25, -0.2) is 0 Å². The number of hydrogen-bond donors (Lipinski definition) is 0. The molecule has 0 aliphatic heterocycles. The van der Waals surface area contributed by atoms with Gasteiger partial charge in [0.1, 0.15) is 0 Å². The molecule has 16 rings (SSSR count). The highest BCUT2D eigenvalue weighted by Gasteiger charge is 2.26. The van der Waals surface area contributed by atoms with Crippen molar-refractivity contribution in [2.75, 3.05) is 19.6 Å². The van der Waals surface area contributed by atoms with Crippen molar-refractivity contribution in [3.05, 3.63) is 388 Å². The molecule has 0 amide bonds. The second-order valence-corrected chi connectivity index (χ2v) is 23.6. The third-order valence-corrected chi connectivity index (χ3v) is 18.0.